The van der Waals surface area contributed by atoms with Crippen molar-refractivity contribution in [2.45, 2.75) is 37.6 Å². The Labute approximate surface area is 216 Å². The van der Waals surface area contributed by atoms with E-state index in [1.165, 1.54) is 4.90 Å². The third kappa shape index (κ3) is 7.27. The second kappa shape index (κ2) is 11.7. The summed E-state index contributed by atoms with van der Waals surface area (Å²) in [5.41, 5.74) is 0.205. The average Bonchev–Trinajstić information content (AvgIpc) is 3.29. The van der Waals surface area contributed by atoms with Crippen LogP contribution in [0.2, 0.25) is 0 Å². The van der Waals surface area contributed by atoms with Gasteiger partial charge in [0.1, 0.15) is 30.3 Å². The average molecular weight is 543 g/mol. The van der Waals surface area contributed by atoms with Crippen LogP contribution in [0.4, 0.5) is 26.3 Å². The van der Waals surface area contributed by atoms with Crippen molar-refractivity contribution in [3.63, 3.8) is 0 Å². The number of piperazine rings is 1. The maximum Gasteiger partial charge on any atom is 0.416 e. The highest BCUT2D eigenvalue weighted by atomic mass is 19.4. The Kier molecular flexibility index (Phi) is 8.64. The lowest BCUT2D eigenvalue weighted by Gasteiger charge is -2.41. The quantitative estimate of drug-likeness (QED) is 0.406. The number of aromatic nitrogens is 2. The van der Waals surface area contributed by atoms with E-state index in [1.54, 1.807) is 6.20 Å². The molecule has 1 fully saturated rings. The highest BCUT2D eigenvalue weighted by molar-refractivity contribution is 5.28. The summed E-state index contributed by atoms with van der Waals surface area (Å²) in [6, 6.07) is 11.2. The Bertz CT molecular complexity index is 1140. The molecular weight excluding hydrogens is 514 g/mol. The predicted octanol–water partition coefficient (Wildman–Crippen LogP) is 4.44. The van der Waals surface area contributed by atoms with Gasteiger partial charge in [-0.15, -0.1) is 0 Å². The number of hydrogen-bond donors (Lipinski definition) is 1. The summed E-state index contributed by atoms with van der Waals surface area (Å²) >= 11 is 0. The standard InChI is InChI=1S/C26H28F6N4O2/c27-25(28,29)20-6-8-21(9-7-20)38-18-22(37)24(26(30,31)32)35-14-12-34(13-15-35)17-23-33-10-11-36(23)16-19-4-2-1-3-5-19/h1-11,22,24,37H,12-18H2/t22-,24?/m0/s1. The molecule has 3 aromatic rings. The molecule has 1 N–H and O–H groups in total. The van der Waals surface area contributed by atoms with E-state index < -0.39 is 36.7 Å². The van der Waals surface area contributed by atoms with Crippen molar-refractivity contribution >= 4 is 0 Å². The molecule has 2 heterocycles. The Morgan fingerprint density at radius 2 is 1.53 bits per heavy atom. The third-order valence-corrected chi connectivity index (χ3v) is 6.46. The number of benzene rings is 2. The lowest BCUT2D eigenvalue weighted by atomic mass is 10.1. The van der Waals surface area contributed by atoms with Crippen LogP contribution in [0.15, 0.2) is 67.0 Å². The van der Waals surface area contributed by atoms with E-state index in [-0.39, 0.29) is 18.8 Å². The summed E-state index contributed by atoms with van der Waals surface area (Å²) in [5, 5.41) is 10.4. The molecule has 0 radical (unpaired) electrons. The summed E-state index contributed by atoms with van der Waals surface area (Å²) in [6.07, 6.45) is -7.62. The van der Waals surface area contributed by atoms with Gasteiger partial charge in [-0.25, -0.2) is 4.98 Å². The van der Waals surface area contributed by atoms with E-state index in [2.05, 4.69) is 4.98 Å². The molecule has 1 saturated heterocycles. The van der Waals surface area contributed by atoms with Crippen LogP contribution in [0.3, 0.4) is 0 Å². The van der Waals surface area contributed by atoms with Gasteiger partial charge in [-0.05, 0) is 29.8 Å². The van der Waals surface area contributed by atoms with Gasteiger partial charge in [-0.1, -0.05) is 30.3 Å². The van der Waals surface area contributed by atoms with Crippen molar-refractivity contribution in [2.75, 3.05) is 32.8 Å². The van der Waals surface area contributed by atoms with Gasteiger partial charge in [0.15, 0.2) is 0 Å². The minimum Gasteiger partial charge on any atom is -0.491 e. The zero-order valence-electron chi connectivity index (χ0n) is 20.4. The third-order valence-electron chi connectivity index (χ3n) is 6.46. The topological polar surface area (TPSA) is 53.8 Å². The summed E-state index contributed by atoms with van der Waals surface area (Å²) in [4.78, 5) is 7.60. The first-order chi connectivity index (χ1) is 18.0. The van der Waals surface area contributed by atoms with Crippen LogP contribution in [0.1, 0.15) is 17.0 Å². The van der Waals surface area contributed by atoms with Crippen LogP contribution < -0.4 is 4.74 Å². The summed E-state index contributed by atoms with van der Waals surface area (Å²) in [6.45, 7) is 1.23. The molecule has 0 aliphatic carbocycles. The fourth-order valence-electron chi connectivity index (χ4n) is 4.50. The molecular formula is C26H28F6N4O2. The number of ether oxygens (including phenoxy) is 1. The maximum absolute atomic E-state index is 13.9. The first-order valence-electron chi connectivity index (χ1n) is 12.1. The molecule has 2 aromatic carbocycles. The molecule has 1 unspecified atom stereocenters. The van der Waals surface area contributed by atoms with E-state index >= 15 is 0 Å². The van der Waals surface area contributed by atoms with Gasteiger partial charge >= 0.3 is 12.4 Å². The fraction of sp³-hybridized carbons (Fsp3) is 0.423. The number of aliphatic hydroxyl groups is 1. The number of aliphatic hydroxyl groups excluding tert-OH is 1. The van der Waals surface area contributed by atoms with Crippen LogP contribution in [0.5, 0.6) is 5.75 Å². The Morgan fingerprint density at radius 1 is 0.868 bits per heavy atom. The molecule has 0 saturated carbocycles. The number of hydrogen-bond acceptors (Lipinski definition) is 5. The SMILES string of the molecule is O[C@@H](COc1ccc(C(F)(F)F)cc1)C(N1CCN(Cc2nccn2Cc2ccccc2)CC1)C(F)(F)F. The van der Waals surface area contributed by atoms with Gasteiger partial charge in [-0.2, -0.15) is 26.3 Å². The second-order valence-corrected chi connectivity index (χ2v) is 9.16. The van der Waals surface area contributed by atoms with Crippen molar-refractivity contribution < 1.29 is 36.2 Å². The van der Waals surface area contributed by atoms with Gasteiger partial charge in [0.05, 0.1) is 12.1 Å². The molecule has 6 nitrogen and oxygen atoms in total. The van der Waals surface area contributed by atoms with Gasteiger partial charge in [0, 0.05) is 45.1 Å². The van der Waals surface area contributed by atoms with Crippen LogP contribution in [0.25, 0.3) is 0 Å². The first-order valence-corrected chi connectivity index (χ1v) is 12.1. The highest BCUT2D eigenvalue weighted by Gasteiger charge is 2.48. The van der Waals surface area contributed by atoms with E-state index in [4.69, 9.17) is 4.74 Å². The minimum atomic E-state index is -4.73. The van der Waals surface area contributed by atoms with Crippen molar-refractivity contribution in [1.82, 2.24) is 19.4 Å². The number of alkyl halides is 6. The van der Waals surface area contributed by atoms with Gasteiger partial charge < -0.3 is 14.4 Å². The first kappa shape index (κ1) is 27.9. The smallest absolute Gasteiger partial charge is 0.416 e. The number of nitrogens with zero attached hydrogens (tertiary/aromatic N) is 4. The van der Waals surface area contributed by atoms with Crippen LogP contribution in [-0.2, 0) is 19.3 Å². The molecule has 4 rings (SSSR count). The van der Waals surface area contributed by atoms with Crippen molar-refractivity contribution in [3.8, 4) is 5.75 Å². The summed E-state index contributed by atoms with van der Waals surface area (Å²) in [5.74, 6) is 0.744. The van der Waals surface area contributed by atoms with Crippen molar-refractivity contribution in [3.05, 3.63) is 83.9 Å². The van der Waals surface area contributed by atoms with Crippen LogP contribution >= 0.6 is 0 Å². The lowest BCUT2D eigenvalue weighted by Crippen LogP contribution is -2.59. The predicted molar refractivity (Wildman–Crippen MR) is 127 cm³/mol. The molecule has 0 amide bonds. The highest BCUT2D eigenvalue weighted by Crippen LogP contribution is 2.31. The summed E-state index contributed by atoms with van der Waals surface area (Å²) < 4.78 is 87.0. The summed E-state index contributed by atoms with van der Waals surface area (Å²) in [7, 11) is 0. The molecule has 0 spiro atoms. The van der Waals surface area contributed by atoms with Gasteiger partial charge in [0.2, 0.25) is 0 Å². The molecule has 38 heavy (non-hydrogen) atoms. The van der Waals surface area contributed by atoms with Crippen molar-refractivity contribution in [1.29, 1.82) is 0 Å². The minimum absolute atomic E-state index is 0.0613. The molecule has 1 aliphatic heterocycles. The Morgan fingerprint density at radius 3 is 2.13 bits per heavy atom. The molecule has 1 aromatic heterocycles. The monoisotopic (exact) mass is 542 g/mol. The van der Waals surface area contributed by atoms with E-state index in [0.717, 1.165) is 35.7 Å². The van der Waals surface area contributed by atoms with Gasteiger partial charge in [0.25, 0.3) is 0 Å². The molecule has 12 heteroatoms. The number of imidazole rings is 1. The normalized spacial score (nSPS) is 17.3. The maximum atomic E-state index is 13.9. The number of halogens is 6. The van der Waals surface area contributed by atoms with E-state index in [9.17, 15) is 31.4 Å². The van der Waals surface area contributed by atoms with E-state index in [1.807, 2.05) is 46.0 Å². The zero-order valence-corrected chi connectivity index (χ0v) is 20.4. The largest absolute Gasteiger partial charge is 0.491 e. The van der Waals surface area contributed by atoms with Gasteiger partial charge in [-0.3, -0.25) is 9.80 Å². The molecule has 206 valence electrons. The lowest BCUT2D eigenvalue weighted by molar-refractivity contribution is -0.215. The molecule has 2 atom stereocenters. The molecule has 1 aliphatic rings. The fourth-order valence-corrected chi connectivity index (χ4v) is 4.50. The van der Waals surface area contributed by atoms with Crippen LogP contribution in [0, 0.1) is 0 Å². The number of rotatable bonds is 9. The van der Waals surface area contributed by atoms with Crippen LogP contribution in [-0.4, -0.2) is 75.6 Å². The zero-order chi connectivity index (χ0) is 27.3. The Hall–Kier alpha value is -3.09. The molecule has 0 bridgehead atoms. The van der Waals surface area contributed by atoms with E-state index in [0.29, 0.717) is 26.2 Å². The second-order valence-electron chi connectivity index (χ2n) is 9.16. The Balaban J connectivity index is 1.32. The van der Waals surface area contributed by atoms with Crippen molar-refractivity contribution in [2.24, 2.45) is 0 Å².